The largest absolute Gasteiger partial charge is 0.487 e. The molecular formula is C12H15Cl2NO5S. The van der Waals surface area contributed by atoms with Crippen LogP contribution >= 0.6 is 22.3 Å². The first kappa shape index (κ1) is 18.0. The second-order valence-corrected chi connectivity index (χ2v) is 7.98. The van der Waals surface area contributed by atoms with Gasteiger partial charge in [-0.3, -0.25) is 10.1 Å². The molecule has 6 nitrogen and oxygen atoms in total. The molecule has 0 aliphatic heterocycles. The number of hydrogen-bond donors (Lipinski definition) is 0. The van der Waals surface area contributed by atoms with E-state index in [1.54, 1.807) is 0 Å². The summed E-state index contributed by atoms with van der Waals surface area (Å²) in [7, 11) is 1.64. The Hall–Kier alpha value is -1.05. The fourth-order valence-electron chi connectivity index (χ4n) is 1.61. The molecular weight excluding hydrogens is 341 g/mol. The first-order valence-corrected chi connectivity index (χ1v) is 9.04. The number of hydrogen-bond acceptors (Lipinski definition) is 5. The predicted octanol–water partition coefficient (Wildman–Crippen LogP) is 3.61. The first-order valence-electron chi connectivity index (χ1n) is 6.18. The molecule has 0 aliphatic carbocycles. The van der Waals surface area contributed by atoms with Crippen molar-refractivity contribution in [1.82, 2.24) is 0 Å². The van der Waals surface area contributed by atoms with Gasteiger partial charge in [0.2, 0.25) is 9.05 Å². The molecule has 0 aromatic heterocycles. The summed E-state index contributed by atoms with van der Waals surface area (Å²) in [5.41, 5.74) is -0.196. The third kappa shape index (κ3) is 6.97. The summed E-state index contributed by atoms with van der Waals surface area (Å²) in [6, 6.07) is 4.17. The normalized spacial score (nSPS) is 12.9. The van der Waals surface area contributed by atoms with Crippen molar-refractivity contribution >= 4 is 37.0 Å². The summed E-state index contributed by atoms with van der Waals surface area (Å²) in [5.74, 6) is 0.114. The van der Waals surface area contributed by atoms with Crippen molar-refractivity contribution in [3.63, 3.8) is 0 Å². The van der Waals surface area contributed by atoms with Gasteiger partial charge >= 0.3 is 5.69 Å². The van der Waals surface area contributed by atoms with E-state index in [-0.39, 0.29) is 34.7 Å². The van der Waals surface area contributed by atoms with E-state index < -0.39 is 14.0 Å². The van der Waals surface area contributed by atoms with Crippen LogP contribution in [0.15, 0.2) is 18.2 Å². The molecule has 0 saturated heterocycles. The van der Waals surface area contributed by atoms with Gasteiger partial charge in [0.25, 0.3) is 0 Å². The van der Waals surface area contributed by atoms with Crippen LogP contribution in [-0.2, 0) is 9.05 Å². The van der Waals surface area contributed by atoms with Crippen molar-refractivity contribution in [3.8, 4) is 5.75 Å². The summed E-state index contributed by atoms with van der Waals surface area (Å²) in [6.07, 6.45) is 0.976. The molecule has 0 bridgehead atoms. The van der Waals surface area contributed by atoms with E-state index >= 15 is 0 Å². The first-order chi connectivity index (χ1) is 9.69. The molecule has 1 rings (SSSR count). The molecule has 118 valence electrons. The van der Waals surface area contributed by atoms with Crippen LogP contribution in [0, 0.1) is 16.0 Å². The molecule has 0 fully saturated rings. The Morgan fingerprint density at radius 3 is 2.62 bits per heavy atom. The zero-order valence-electron chi connectivity index (χ0n) is 11.3. The van der Waals surface area contributed by atoms with Crippen LogP contribution in [0.2, 0.25) is 5.02 Å². The molecule has 0 N–H and O–H groups in total. The van der Waals surface area contributed by atoms with Crippen molar-refractivity contribution in [2.24, 2.45) is 5.92 Å². The van der Waals surface area contributed by atoms with Crippen LogP contribution < -0.4 is 4.74 Å². The highest BCUT2D eigenvalue weighted by Crippen LogP contribution is 2.30. The lowest BCUT2D eigenvalue weighted by molar-refractivity contribution is -0.385. The Balaban J connectivity index is 2.51. The Morgan fingerprint density at radius 1 is 1.38 bits per heavy atom. The number of halogens is 2. The number of benzene rings is 1. The van der Waals surface area contributed by atoms with Crippen LogP contribution in [0.5, 0.6) is 5.75 Å². The standard InChI is InChI=1S/C12H15Cl2NO5S/c1-9(5-7-21(14,18)19)4-6-20-12-3-2-10(13)8-11(12)15(16)17/h2-3,8-9H,4-7H2,1H3. The quantitative estimate of drug-likeness (QED) is 0.403. The van der Waals surface area contributed by atoms with Gasteiger partial charge in [-0.05, 0) is 30.9 Å². The van der Waals surface area contributed by atoms with Gasteiger partial charge in [0.05, 0.1) is 17.3 Å². The van der Waals surface area contributed by atoms with Gasteiger partial charge in [-0.1, -0.05) is 18.5 Å². The summed E-state index contributed by atoms with van der Waals surface area (Å²) in [6.45, 7) is 2.10. The highest BCUT2D eigenvalue weighted by Gasteiger charge is 2.16. The van der Waals surface area contributed by atoms with E-state index in [1.807, 2.05) is 6.92 Å². The van der Waals surface area contributed by atoms with Gasteiger partial charge in [-0.15, -0.1) is 0 Å². The minimum Gasteiger partial charge on any atom is -0.487 e. The predicted molar refractivity (Wildman–Crippen MR) is 81.6 cm³/mol. The molecule has 0 spiro atoms. The average molecular weight is 356 g/mol. The molecule has 1 atom stereocenters. The van der Waals surface area contributed by atoms with Gasteiger partial charge in [-0.25, -0.2) is 8.42 Å². The highest BCUT2D eigenvalue weighted by molar-refractivity contribution is 8.13. The molecule has 0 saturated carbocycles. The molecule has 1 unspecified atom stereocenters. The molecule has 21 heavy (non-hydrogen) atoms. The second-order valence-electron chi connectivity index (χ2n) is 4.64. The number of ether oxygens (including phenoxy) is 1. The molecule has 0 aliphatic rings. The Labute approximate surface area is 132 Å². The fourth-order valence-corrected chi connectivity index (χ4v) is 2.73. The fraction of sp³-hybridized carbons (Fsp3) is 0.500. The lowest BCUT2D eigenvalue weighted by Gasteiger charge is -2.11. The number of nitro benzene ring substituents is 1. The van der Waals surface area contributed by atoms with E-state index in [0.717, 1.165) is 0 Å². The SMILES string of the molecule is CC(CCOc1ccc(Cl)cc1[N+](=O)[O-])CCS(=O)(=O)Cl. The smallest absolute Gasteiger partial charge is 0.312 e. The second kappa shape index (κ2) is 7.82. The van der Waals surface area contributed by atoms with Crippen molar-refractivity contribution < 1.29 is 18.1 Å². The van der Waals surface area contributed by atoms with Crippen molar-refractivity contribution in [2.75, 3.05) is 12.4 Å². The Bertz CT molecular complexity index is 606. The van der Waals surface area contributed by atoms with Crippen molar-refractivity contribution in [2.45, 2.75) is 19.8 Å². The number of nitrogens with zero attached hydrogens (tertiary/aromatic N) is 1. The average Bonchev–Trinajstić information content (AvgIpc) is 2.37. The van der Waals surface area contributed by atoms with E-state index in [9.17, 15) is 18.5 Å². The maximum Gasteiger partial charge on any atom is 0.312 e. The summed E-state index contributed by atoms with van der Waals surface area (Å²) >= 11 is 5.70. The molecule has 1 aromatic rings. The van der Waals surface area contributed by atoms with Crippen LogP contribution in [0.1, 0.15) is 19.8 Å². The zero-order valence-corrected chi connectivity index (χ0v) is 13.6. The third-order valence-electron chi connectivity index (χ3n) is 2.84. The maximum absolute atomic E-state index is 10.9. The number of nitro groups is 1. The zero-order chi connectivity index (χ0) is 16.0. The topological polar surface area (TPSA) is 86.5 Å². The van der Waals surface area contributed by atoms with Crippen LogP contribution in [0.4, 0.5) is 5.69 Å². The van der Waals surface area contributed by atoms with Crippen LogP contribution in [-0.4, -0.2) is 25.7 Å². The van der Waals surface area contributed by atoms with Crippen molar-refractivity contribution in [1.29, 1.82) is 0 Å². The van der Waals surface area contributed by atoms with Gasteiger partial charge < -0.3 is 4.74 Å². The van der Waals surface area contributed by atoms with E-state index in [4.69, 9.17) is 27.0 Å². The van der Waals surface area contributed by atoms with Crippen molar-refractivity contribution in [3.05, 3.63) is 33.3 Å². The lowest BCUT2D eigenvalue weighted by atomic mass is 10.1. The lowest BCUT2D eigenvalue weighted by Crippen LogP contribution is -2.09. The van der Waals surface area contributed by atoms with Gasteiger partial charge in [0, 0.05) is 21.8 Å². The Kier molecular flexibility index (Phi) is 6.70. The summed E-state index contributed by atoms with van der Waals surface area (Å²) in [4.78, 5) is 10.3. The third-order valence-corrected chi connectivity index (χ3v) is 4.26. The monoisotopic (exact) mass is 355 g/mol. The van der Waals surface area contributed by atoms with E-state index in [0.29, 0.717) is 12.8 Å². The summed E-state index contributed by atoms with van der Waals surface area (Å²) < 4.78 is 27.0. The number of rotatable bonds is 8. The van der Waals surface area contributed by atoms with Gasteiger partial charge in [-0.2, -0.15) is 0 Å². The minimum atomic E-state index is -3.49. The molecule has 0 amide bonds. The van der Waals surface area contributed by atoms with Crippen LogP contribution in [0.3, 0.4) is 0 Å². The maximum atomic E-state index is 10.9. The molecule has 0 heterocycles. The van der Waals surface area contributed by atoms with E-state index in [1.165, 1.54) is 18.2 Å². The Morgan fingerprint density at radius 2 is 2.05 bits per heavy atom. The molecule has 0 radical (unpaired) electrons. The van der Waals surface area contributed by atoms with Crippen LogP contribution in [0.25, 0.3) is 0 Å². The van der Waals surface area contributed by atoms with Gasteiger partial charge in [0.15, 0.2) is 5.75 Å². The molecule has 9 heteroatoms. The highest BCUT2D eigenvalue weighted by atomic mass is 35.7. The minimum absolute atomic E-state index is 0.0740. The van der Waals surface area contributed by atoms with Gasteiger partial charge in [0.1, 0.15) is 0 Å². The molecule has 1 aromatic carbocycles. The van der Waals surface area contributed by atoms with E-state index in [2.05, 4.69) is 0 Å². The summed E-state index contributed by atoms with van der Waals surface area (Å²) in [5, 5.41) is 11.1.